The van der Waals surface area contributed by atoms with Gasteiger partial charge >= 0.3 is 6.18 Å². The monoisotopic (exact) mass is 403 g/mol. The van der Waals surface area contributed by atoms with Crippen molar-refractivity contribution in [3.05, 3.63) is 71.4 Å². The normalized spacial score (nSPS) is 13.3. The number of benzene rings is 2. The van der Waals surface area contributed by atoms with Crippen molar-refractivity contribution in [2.75, 3.05) is 7.05 Å². The maximum Gasteiger partial charge on any atom is 0.416 e. The van der Waals surface area contributed by atoms with Crippen LogP contribution in [0.25, 0.3) is 10.9 Å². The van der Waals surface area contributed by atoms with E-state index in [9.17, 15) is 18.0 Å². The van der Waals surface area contributed by atoms with Gasteiger partial charge in [0, 0.05) is 24.1 Å². The van der Waals surface area contributed by atoms with Gasteiger partial charge in [-0.25, -0.2) is 0 Å². The van der Waals surface area contributed by atoms with Crippen LogP contribution in [0.3, 0.4) is 0 Å². The van der Waals surface area contributed by atoms with Crippen LogP contribution >= 0.6 is 0 Å². The third-order valence-electron chi connectivity index (χ3n) is 4.57. The molecule has 0 spiro atoms. The Morgan fingerprint density at radius 3 is 2.59 bits per heavy atom. The summed E-state index contributed by atoms with van der Waals surface area (Å²) in [6.45, 7) is 1.78. The number of fused-ring (bicyclic) bond motifs is 1. The molecule has 1 unspecified atom stereocenters. The number of para-hydroxylation sites is 1. The minimum absolute atomic E-state index is 0.0970. The summed E-state index contributed by atoms with van der Waals surface area (Å²) >= 11 is 0. The van der Waals surface area contributed by atoms with E-state index < -0.39 is 23.7 Å². The van der Waals surface area contributed by atoms with E-state index in [1.54, 1.807) is 55.1 Å². The van der Waals surface area contributed by atoms with Crippen LogP contribution in [0.4, 0.5) is 13.2 Å². The predicted octanol–water partition coefficient (Wildman–Crippen LogP) is 3.45. The molecular weight excluding hydrogens is 383 g/mol. The van der Waals surface area contributed by atoms with E-state index in [4.69, 9.17) is 5.73 Å². The molecule has 0 fully saturated rings. The molecule has 1 amide bonds. The van der Waals surface area contributed by atoms with Gasteiger partial charge < -0.3 is 15.7 Å². The number of guanidine groups is 1. The third kappa shape index (κ3) is 4.18. The number of hydrazone groups is 1. The average Bonchev–Trinajstić information content (AvgIpc) is 3.07. The van der Waals surface area contributed by atoms with Crippen LogP contribution < -0.4 is 16.5 Å². The van der Waals surface area contributed by atoms with Crippen LogP contribution in [-0.4, -0.2) is 23.5 Å². The first-order valence-corrected chi connectivity index (χ1v) is 8.80. The second-order valence-electron chi connectivity index (χ2n) is 6.44. The number of amides is 1. The summed E-state index contributed by atoms with van der Waals surface area (Å²) in [5.74, 6) is -0.562. The Hall–Kier alpha value is -3.49. The number of halogens is 3. The van der Waals surface area contributed by atoms with Gasteiger partial charge in [-0.15, -0.1) is 5.10 Å². The minimum atomic E-state index is -4.43. The van der Waals surface area contributed by atoms with Crippen molar-refractivity contribution in [2.45, 2.75) is 19.1 Å². The number of hydrogen-bond acceptors (Lipinski definition) is 3. The number of aromatic nitrogens is 1. The second kappa shape index (κ2) is 7.86. The van der Waals surface area contributed by atoms with Gasteiger partial charge in [0.15, 0.2) is 0 Å². The number of rotatable bonds is 4. The van der Waals surface area contributed by atoms with Gasteiger partial charge in [-0.3, -0.25) is 10.1 Å². The molecule has 3 rings (SSSR count). The number of hydrogen-bond donors (Lipinski definition) is 3. The summed E-state index contributed by atoms with van der Waals surface area (Å²) in [4.78, 5) is 12.6. The molecule has 152 valence electrons. The third-order valence-corrected chi connectivity index (χ3v) is 4.57. The SMILES string of the molecule is CN/N=C(\N)NC(=O)c1cn(C(C)c2cccc(C(F)(F)F)c2)c2ccccc12. The first-order chi connectivity index (χ1) is 13.7. The highest BCUT2D eigenvalue weighted by molar-refractivity contribution is 6.12. The number of carbonyl (C=O) groups excluding carboxylic acids is 1. The zero-order valence-corrected chi connectivity index (χ0v) is 15.8. The first-order valence-electron chi connectivity index (χ1n) is 8.80. The molecular formula is C20H20F3N5O. The fraction of sp³-hybridized carbons (Fsp3) is 0.200. The molecule has 6 nitrogen and oxygen atoms in total. The van der Waals surface area contributed by atoms with Crippen molar-refractivity contribution in [3.8, 4) is 0 Å². The van der Waals surface area contributed by atoms with Crippen molar-refractivity contribution in [2.24, 2.45) is 10.8 Å². The summed E-state index contributed by atoms with van der Waals surface area (Å²) < 4.78 is 41.0. The van der Waals surface area contributed by atoms with Gasteiger partial charge in [0.1, 0.15) is 0 Å². The van der Waals surface area contributed by atoms with E-state index in [1.165, 1.54) is 6.07 Å². The summed E-state index contributed by atoms with van der Waals surface area (Å²) in [7, 11) is 1.54. The molecule has 4 N–H and O–H groups in total. The summed E-state index contributed by atoms with van der Waals surface area (Å²) in [6, 6.07) is 11.9. The van der Waals surface area contributed by atoms with Crippen molar-refractivity contribution >= 4 is 22.8 Å². The second-order valence-corrected chi connectivity index (χ2v) is 6.44. The molecule has 0 aliphatic carbocycles. The molecule has 1 atom stereocenters. The van der Waals surface area contributed by atoms with Crippen molar-refractivity contribution < 1.29 is 18.0 Å². The van der Waals surface area contributed by atoms with Gasteiger partial charge in [-0.05, 0) is 30.7 Å². The van der Waals surface area contributed by atoms with E-state index in [0.717, 1.165) is 12.1 Å². The quantitative estimate of drug-likeness (QED) is 0.354. The number of nitrogens with zero attached hydrogens (tertiary/aromatic N) is 2. The molecule has 2 aromatic carbocycles. The van der Waals surface area contributed by atoms with E-state index in [1.807, 2.05) is 0 Å². The summed E-state index contributed by atoms with van der Waals surface area (Å²) in [5, 5.41) is 6.82. The molecule has 1 aromatic heterocycles. The topological polar surface area (TPSA) is 84.4 Å². The van der Waals surface area contributed by atoms with Crippen molar-refractivity contribution in [1.29, 1.82) is 0 Å². The standard InChI is InChI=1S/C20H20F3N5O/c1-12(13-6-5-7-14(10-13)20(21,22)23)28-11-16(15-8-3-4-9-17(15)28)18(29)26-19(24)27-25-2/h3-12,25H,1-2H3,(H3,24,26,27,29). The Morgan fingerprint density at radius 2 is 1.90 bits per heavy atom. The Bertz CT molecular complexity index is 1070. The van der Waals surface area contributed by atoms with Crippen LogP contribution in [-0.2, 0) is 6.18 Å². The number of carbonyl (C=O) groups is 1. The summed E-state index contributed by atoms with van der Waals surface area (Å²) in [5.41, 5.74) is 8.91. The highest BCUT2D eigenvalue weighted by Crippen LogP contribution is 2.33. The van der Waals surface area contributed by atoms with E-state index in [-0.39, 0.29) is 5.96 Å². The Kier molecular flexibility index (Phi) is 5.49. The van der Waals surface area contributed by atoms with Gasteiger partial charge in [0.2, 0.25) is 5.96 Å². The van der Waals surface area contributed by atoms with E-state index >= 15 is 0 Å². The fourth-order valence-corrected chi connectivity index (χ4v) is 3.17. The smallest absolute Gasteiger partial charge is 0.368 e. The Labute approximate surface area is 165 Å². The van der Waals surface area contributed by atoms with Crippen LogP contribution in [0.5, 0.6) is 0 Å². The molecule has 3 aromatic rings. The molecule has 29 heavy (non-hydrogen) atoms. The molecule has 0 aliphatic rings. The van der Waals surface area contributed by atoms with Gasteiger partial charge in [-0.2, -0.15) is 13.2 Å². The lowest BCUT2D eigenvalue weighted by atomic mass is 10.0. The predicted molar refractivity (Wildman–Crippen MR) is 105 cm³/mol. The molecule has 1 heterocycles. The van der Waals surface area contributed by atoms with Gasteiger partial charge in [-0.1, -0.05) is 30.3 Å². The van der Waals surface area contributed by atoms with Gasteiger partial charge in [0.25, 0.3) is 5.91 Å². The molecule has 0 radical (unpaired) electrons. The molecule has 0 bridgehead atoms. The highest BCUT2D eigenvalue weighted by Gasteiger charge is 2.31. The van der Waals surface area contributed by atoms with Crippen LogP contribution in [0.2, 0.25) is 0 Å². The molecule has 0 aliphatic heterocycles. The number of nitrogens with one attached hydrogen (secondary N) is 2. The maximum atomic E-state index is 13.1. The summed E-state index contributed by atoms with van der Waals surface area (Å²) in [6.07, 6.45) is -2.82. The average molecular weight is 403 g/mol. The lowest BCUT2D eigenvalue weighted by Gasteiger charge is -2.17. The molecule has 0 saturated carbocycles. The van der Waals surface area contributed by atoms with Gasteiger partial charge in [0.05, 0.1) is 17.2 Å². The minimum Gasteiger partial charge on any atom is -0.368 e. The van der Waals surface area contributed by atoms with Crippen LogP contribution in [0.15, 0.2) is 59.8 Å². The van der Waals surface area contributed by atoms with Crippen molar-refractivity contribution in [1.82, 2.24) is 15.3 Å². The largest absolute Gasteiger partial charge is 0.416 e. The lowest BCUT2D eigenvalue weighted by molar-refractivity contribution is -0.137. The lowest BCUT2D eigenvalue weighted by Crippen LogP contribution is -2.37. The molecule has 0 saturated heterocycles. The van der Waals surface area contributed by atoms with Crippen molar-refractivity contribution in [3.63, 3.8) is 0 Å². The zero-order valence-electron chi connectivity index (χ0n) is 15.8. The van der Waals surface area contributed by atoms with E-state index in [2.05, 4.69) is 15.8 Å². The number of nitrogens with two attached hydrogens (primary N) is 1. The maximum absolute atomic E-state index is 13.1. The number of alkyl halides is 3. The van der Waals surface area contributed by atoms with Crippen LogP contribution in [0, 0.1) is 0 Å². The highest BCUT2D eigenvalue weighted by atomic mass is 19.4. The van der Waals surface area contributed by atoms with Crippen LogP contribution in [0.1, 0.15) is 34.5 Å². The Balaban J connectivity index is 2.05. The fourth-order valence-electron chi connectivity index (χ4n) is 3.17. The zero-order chi connectivity index (χ0) is 21.2. The first kappa shape index (κ1) is 20.2. The Morgan fingerprint density at radius 1 is 1.17 bits per heavy atom. The molecule has 9 heteroatoms. The van der Waals surface area contributed by atoms with E-state index in [0.29, 0.717) is 22.0 Å².